The molecular weight excluding hydrogens is 555 g/mol. The molecule has 1 unspecified atom stereocenters. The maximum Gasteiger partial charge on any atom is 0.243 e. The number of carbonyl (C=O) groups excluding carboxylic acids is 1. The number of imidazole rings is 1. The number of fused-ring (bicyclic) bond motifs is 1. The number of hydrogen-bond donors (Lipinski definition) is 1. The number of H-pyrrole nitrogens is 1. The third-order valence-corrected chi connectivity index (χ3v) is 11.1. The van der Waals surface area contributed by atoms with Gasteiger partial charge < -0.3 is 9.88 Å². The number of sulfonamides is 1. The van der Waals surface area contributed by atoms with E-state index in [0.29, 0.717) is 34.5 Å². The van der Waals surface area contributed by atoms with Crippen LogP contribution in [0.3, 0.4) is 0 Å². The molecule has 7 nitrogen and oxygen atoms in total. The topological polar surface area (TPSA) is 86.4 Å². The summed E-state index contributed by atoms with van der Waals surface area (Å²) in [6.07, 6.45) is 8.55. The smallest absolute Gasteiger partial charge is 0.243 e. The third-order valence-electron chi connectivity index (χ3n) is 8.49. The Labute approximate surface area is 239 Å². The summed E-state index contributed by atoms with van der Waals surface area (Å²) < 4.78 is 27.6. The molecule has 0 radical (unpaired) electrons. The van der Waals surface area contributed by atoms with E-state index < -0.39 is 10.0 Å². The molecule has 10 heteroatoms. The van der Waals surface area contributed by atoms with Gasteiger partial charge in [-0.1, -0.05) is 41.8 Å². The second-order valence-corrected chi connectivity index (χ2v) is 13.6. The lowest BCUT2D eigenvalue weighted by atomic mass is 9.94. The first-order valence-electron chi connectivity index (χ1n) is 13.7. The first kappa shape index (κ1) is 26.8. The maximum atomic E-state index is 13.4. The number of nitrogens with zero attached hydrogens (tertiary/aromatic N) is 3. The summed E-state index contributed by atoms with van der Waals surface area (Å²) in [6, 6.07) is 10.8. The van der Waals surface area contributed by atoms with Gasteiger partial charge in [-0.25, -0.2) is 13.4 Å². The van der Waals surface area contributed by atoms with Crippen molar-refractivity contribution in [1.82, 2.24) is 19.2 Å². The van der Waals surface area contributed by atoms with Crippen molar-refractivity contribution in [3.8, 4) is 11.1 Å². The summed E-state index contributed by atoms with van der Waals surface area (Å²) in [4.78, 5) is 23.3. The van der Waals surface area contributed by atoms with Crippen molar-refractivity contribution >= 4 is 39.1 Å². The molecule has 0 spiro atoms. The van der Waals surface area contributed by atoms with Crippen LogP contribution < -0.4 is 0 Å². The van der Waals surface area contributed by atoms with E-state index in [1.165, 1.54) is 0 Å². The summed E-state index contributed by atoms with van der Waals surface area (Å²) in [5.74, 6) is 0.0259. The van der Waals surface area contributed by atoms with Crippen molar-refractivity contribution in [3.05, 3.63) is 69.7 Å². The highest BCUT2D eigenvalue weighted by Crippen LogP contribution is 2.37. The third kappa shape index (κ3) is 5.24. The fourth-order valence-corrected chi connectivity index (χ4v) is 8.41. The predicted octanol–water partition coefficient (Wildman–Crippen LogP) is 5.51. The average Bonchev–Trinajstić information content (AvgIpc) is 3.57. The predicted molar refractivity (Wildman–Crippen MR) is 152 cm³/mol. The Morgan fingerprint density at radius 3 is 2.38 bits per heavy atom. The molecule has 2 fully saturated rings. The SMILES string of the molecule is O=C1C(Cc2c(Cl)cc(-c3ccc(S(=O)(=O)N4CCCCC4)cc3)cc2Cl)CCN1[C@@H]1CCc2nc[nH]c2C1. The number of carbonyl (C=O) groups is 1. The van der Waals surface area contributed by atoms with Gasteiger partial charge in [0.05, 0.1) is 16.9 Å². The molecule has 1 N–H and O–H groups in total. The van der Waals surface area contributed by atoms with Crippen molar-refractivity contribution < 1.29 is 13.2 Å². The lowest BCUT2D eigenvalue weighted by molar-refractivity contribution is -0.133. The van der Waals surface area contributed by atoms with E-state index in [4.69, 9.17) is 23.2 Å². The minimum atomic E-state index is -3.49. The van der Waals surface area contributed by atoms with Crippen LogP contribution in [-0.4, -0.2) is 59.2 Å². The number of amides is 1. The fraction of sp³-hybridized carbons (Fsp3) is 0.448. The number of rotatable bonds is 6. The van der Waals surface area contributed by atoms with Gasteiger partial charge >= 0.3 is 0 Å². The highest BCUT2D eigenvalue weighted by atomic mass is 35.5. The van der Waals surface area contributed by atoms with Crippen LogP contribution in [0.1, 0.15) is 49.1 Å². The van der Waals surface area contributed by atoms with Gasteiger partial charge in [0.25, 0.3) is 0 Å². The Hall–Kier alpha value is -2.39. The largest absolute Gasteiger partial charge is 0.348 e. The van der Waals surface area contributed by atoms with Gasteiger partial charge in [0.15, 0.2) is 0 Å². The Kier molecular flexibility index (Phi) is 7.48. The first-order chi connectivity index (χ1) is 18.8. The van der Waals surface area contributed by atoms with Crippen LogP contribution in [0.4, 0.5) is 0 Å². The molecule has 206 valence electrons. The molecule has 0 saturated carbocycles. The van der Waals surface area contributed by atoms with Crippen LogP contribution in [0.25, 0.3) is 11.1 Å². The zero-order valence-electron chi connectivity index (χ0n) is 21.7. The Bertz CT molecular complexity index is 1460. The molecule has 6 rings (SSSR count). The molecule has 3 aromatic rings. The Morgan fingerprint density at radius 1 is 0.949 bits per heavy atom. The van der Waals surface area contributed by atoms with Gasteiger partial charge in [0, 0.05) is 53.8 Å². The van der Waals surface area contributed by atoms with E-state index in [1.54, 1.807) is 34.9 Å². The number of aromatic nitrogens is 2. The zero-order chi connectivity index (χ0) is 27.1. The molecule has 2 aliphatic heterocycles. The van der Waals surface area contributed by atoms with Gasteiger partial charge in [-0.2, -0.15) is 4.31 Å². The summed E-state index contributed by atoms with van der Waals surface area (Å²) >= 11 is 13.4. The lowest BCUT2D eigenvalue weighted by Crippen LogP contribution is -2.41. The molecule has 1 amide bonds. The molecule has 39 heavy (non-hydrogen) atoms. The lowest BCUT2D eigenvalue weighted by Gasteiger charge is -2.31. The Morgan fingerprint density at radius 2 is 1.67 bits per heavy atom. The number of aryl methyl sites for hydroxylation is 1. The zero-order valence-corrected chi connectivity index (χ0v) is 24.0. The highest BCUT2D eigenvalue weighted by molar-refractivity contribution is 7.89. The molecular formula is C29H32Cl2N4O3S. The van der Waals surface area contributed by atoms with Gasteiger partial charge in [-0.15, -0.1) is 0 Å². The second kappa shape index (κ2) is 10.9. The molecule has 3 aliphatic rings. The number of likely N-dealkylation sites (tertiary alicyclic amines) is 1. The van der Waals surface area contributed by atoms with Crippen LogP contribution in [-0.2, 0) is 34.1 Å². The summed E-state index contributed by atoms with van der Waals surface area (Å²) in [5.41, 5.74) is 4.69. The van der Waals surface area contributed by atoms with Crippen molar-refractivity contribution in [1.29, 1.82) is 0 Å². The van der Waals surface area contributed by atoms with Gasteiger partial charge in [-0.3, -0.25) is 4.79 Å². The minimum absolute atomic E-state index is 0.145. The number of nitrogens with one attached hydrogen (secondary N) is 1. The minimum Gasteiger partial charge on any atom is -0.348 e. The molecule has 0 bridgehead atoms. The number of halogens is 2. The molecule has 3 heterocycles. The normalized spacial score (nSPS) is 22.3. The number of piperidine rings is 1. The van der Waals surface area contributed by atoms with Crippen molar-refractivity contribution in [2.24, 2.45) is 5.92 Å². The van der Waals surface area contributed by atoms with Crippen LogP contribution >= 0.6 is 23.2 Å². The van der Waals surface area contributed by atoms with Crippen molar-refractivity contribution in [2.75, 3.05) is 19.6 Å². The van der Waals surface area contributed by atoms with E-state index in [1.807, 2.05) is 17.0 Å². The quantitative estimate of drug-likeness (QED) is 0.413. The maximum absolute atomic E-state index is 13.4. The molecule has 1 aliphatic carbocycles. The monoisotopic (exact) mass is 586 g/mol. The van der Waals surface area contributed by atoms with E-state index >= 15 is 0 Å². The first-order valence-corrected chi connectivity index (χ1v) is 15.9. The van der Waals surface area contributed by atoms with Crippen LogP contribution in [0.2, 0.25) is 10.0 Å². The van der Waals surface area contributed by atoms with E-state index in [0.717, 1.165) is 79.6 Å². The number of hydrogen-bond acceptors (Lipinski definition) is 4. The Balaban J connectivity index is 1.15. The van der Waals surface area contributed by atoms with Gasteiger partial charge in [0.2, 0.25) is 15.9 Å². The molecule has 2 atom stereocenters. The summed E-state index contributed by atoms with van der Waals surface area (Å²) in [5, 5.41) is 1.04. The molecule has 1 aromatic heterocycles. The van der Waals surface area contributed by atoms with E-state index in [2.05, 4.69) is 9.97 Å². The molecule has 2 saturated heterocycles. The van der Waals surface area contributed by atoms with Gasteiger partial charge in [0.1, 0.15) is 0 Å². The standard InChI is InChI=1S/C29H32Cl2N4O3S/c30-25-15-21(19-4-7-23(8-5-19)39(37,38)34-11-2-1-3-12-34)16-26(31)24(25)14-20-10-13-35(29(20)36)22-6-9-27-28(17-22)33-18-32-27/h4-5,7-8,15-16,18,20,22H,1-3,6,9-14,17H2,(H,32,33)/t20?,22-/m1/s1. The van der Waals surface area contributed by atoms with Crippen LogP contribution in [0.15, 0.2) is 47.6 Å². The van der Waals surface area contributed by atoms with Crippen LogP contribution in [0, 0.1) is 5.92 Å². The number of aromatic amines is 1. The van der Waals surface area contributed by atoms with Crippen LogP contribution in [0.5, 0.6) is 0 Å². The summed E-state index contributed by atoms with van der Waals surface area (Å²) in [7, 11) is -3.49. The fourth-order valence-electron chi connectivity index (χ4n) is 6.25. The van der Waals surface area contributed by atoms with Gasteiger partial charge in [-0.05, 0) is 79.5 Å². The van der Waals surface area contributed by atoms with E-state index in [-0.39, 0.29) is 17.9 Å². The highest BCUT2D eigenvalue weighted by Gasteiger charge is 2.38. The second-order valence-electron chi connectivity index (χ2n) is 10.9. The summed E-state index contributed by atoms with van der Waals surface area (Å²) in [6.45, 7) is 1.89. The van der Waals surface area contributed by atoms with Crippen molar-refractivity contribution in [3.63, 3.8) is 0 Å². The van der Waals surface area contributed by atoms with Crippen molar-refractivity contribution in [2.45, 2.75) is 62.3 Å². The van der Waals surface area contributed by atoms with E-state index in [9.17, 15) is 13.2 Å². The molecule has 2 aromatic carbocycles. The number of benzene rings is 2. The average molecular weight is 588 g/mol.